The highest BCUT2D eigenvalue weighted by atomic mass is 16.1. The van der Waals surface area contributed by atoms with E-state index in [1.165, 1.54) is 25.7 Å². The molecule has 1 aliphatic carbocycles. The van der Waals surface area contributed by atoms with Crippen molar-refractivity contribution in [1.29, 1.82) is 5.26 Å². The van der Waals surface area contributed by atoms with E-state index >= 15 is 0 Å². The first-order valence-corrected chi connectivity index (χ1v) is 9.04. The Kier molecular flexibility index (Phi) is 7.00. The van der Waals surface area contributed by atoms with Crippen LogP contribution < -0.4 is 5.32 Å². The molecule has 1 aliphatic rings. The number of amides is 1. The van der Waals surface area contributed by atoms with E-state index in [4.69, 9.17) is 0 Å². The Hall–Kier alpha value is -2.35. The van der Waals surface area contributed by atoms with Crippen molar-refractivity contribution in [2.75, 3.05) is 19.4 Å². The van der Waals surface area contributed by atoms with Gasteiger partial charge in [-0.15, -0.1) is 0 Å². The van der Waals surface area contributed by atoms with E-state index in [0.717, 1.165) is 12.3 Å². The lowest BCUT2D eigenvalue weighted by Gasteiger charge is -2.28. The van der Waals surface area contributed by atoms with Crippen molar-refractivity contribution in [3.8, 4) is 6.07 Å². The molecule has 0 aromatic heterocycles. The number of carbonyl (C=O) groups excluding carboxylic acids is 1. The predicted octanol–water partition coefficient (Wildman–Crippen LogP) is 4.32. The molecule has 0 spiro atoms. The summed E-state index contributed by atoms with van der Waals surface area (Å²) in [5.41, 5.74) is 1.71. The van der Waals surface area contributed by atoms with E-state index < -0.39 is 0 Å². The molecule has 25 heavy (non-hydrogen) atoms. The molecule has 1 fully saturated rings. The van der Waals surface area contributed by atoms with Crippen molar-refractivity contribution in [3.05, 3.63) is 23.8 Å². The number of rotatable bonds is 6. The molecular formula is C20H28N4O. The summed E-state index contributed by atoms with van der Waals surface area (Å²) in [5.74, 6) is 1.41. The molecule has 1 N–H and O–H groups in total. The van der Waals surface area contributed by atoms with Crippen LogP contribution in [0.5, 0.6) is 0 Å². The zero-order valence-corrected chi connectivity index (χ0v) is 15.5. The third kappa shape index (κ3) is 5.90. The fourth-order valence-electron chi connectivity index (χ4n) is 3.36. The average Bonchev–Trinajstić information content (AvgIpc) is 2.59. The van der Waals surface area contributed by atoms with Gasteiger partial charge in [0.05, 0.1) is 17.6 Å². The zero-order chi connectivity index (χ0) is 18.2. The molecule has 1 aromatic rings. The van der Waals surface area contributed by atoms with Gasteiger partial charge < -0.3 is 10.2 Å². The second-order valence-corrected chi connectivity index (χ2v) is 7.16. The normalized spacial score (nSPS) is 20.2. The highest BCUT2D eigenvalue weighted by Gasteiger charge is 2.21. The molecule has 0 aliphatic heterocycles. The quantitative estimate of drug-likeness (QED) is 0.619. The largest absolute Gasteiger partial charge is 0.369 e. The van der Waals surface area contributed by atoms with Crippen LogP contribution in [0.3, 0.4) is 0 Å². The minimum atomic E-state index is 0.0196. The number of nitrogens with zero attached hydrogens (tertiary/aromatic N) is 3. The fourth-order valence-corrected chi connectivity index (χ4v) is 3.36. The SMILES string of the molecule is CC1CCCCC1CCC(=O)Nc1ccc(N=CN(C)C)c(C#N)c1. The van der Waals surface area contributed by atoms with E-state index in [9.17, 15) is 10.1 Å². The molecule has 1 aromatic carbocycles. The number of nitriles is 1. The maximum absolute atomic E-state index is 12.2. The van der Waals surface area contributed by atoms with Gasteiger partial charge in [0.1, 0.15) is 6.07 Å². The Labute approximate surface area is 150 Å². The number of hydrogen-bond acceptors (Lipinski definition) is 3. The molecule has 2 unspecified atom stereocenters. The summed E-state index contributed by atoms with van der Waals surface area (Å²) in [6, 6.07) is 7.38. The van der Waals surface area contributed by atoms with Crippen LogP contribution in [0.4, 0.5) is 11.4 Å². The van der Waals surface area contributed by atoms with Crippen LogP contribution in [-0.2, 0) is 4.79 Å². The minimum Gasteiger partial charge on any atom is -0.369 e. The molecule has 2 atom stereocenters. The molecular weight excluding hydrogens is 312 g/mol. The lowest BCUT2D eigenvalue weighted by molar-refractivity contribution is -0.116. The maximum atomic E-state index is 12.2. The topological polar surface area (TPSA) is 68.5 Å². The van der Waals surface area contributed by atoms with E-state index in [1.807, 2.05) is 19.0 Å². The Balaban J connectivity index is 1.93. The molecule has 1 amide bonds. The molecule has 0 heterocycles. The third-order valence-corrected chi connectivity index (χ3v) is 4.86. The molecule has 5 heteroatoms. The van der Waals surface area contributed by atoms with Crippen molar-refractivity contribution in [2.24, 2.45) is 16.8 Å². The second kappa shape index (κ2) is 9.22. The van der Waals surface area contributed by atoms with Gasteiger partial charge in [-0.05, 0) is 36.5 Å². The van der Waals surface area contributed by atoms with Crippen LogP contribution in [0, 0.1) is 23.2 Å². The van der Waals surface area contributed by atoms with Gasteiger partial charge in [0, 0.05) is 26.2 Å². The van der Waals surface area contributed by atoms with Crippen LogP contribution in [0.1, 0.15) is 51.0 Å². The van der Waals surface area contributed by atoms with Crippen molar-refractivity contribution in [3.63, 3.8) is 0 Å². The highest BCUT2D eigenvalue weighted by molar-refractivity contribution is 5.91. The van der Waals surface area contributed by atoms with Crippen molar-refractivity contribution < 1.29 is 4.79 Å². The van der Waals surface area contributed by atoms with Gasteiger partial charge in [-0.2, -0.15) is 5.26 Å². The summed E-state index contributed by atoms with van der Waals surface area (Å²) >= 11 is 0. The van der Waals surface area contributed by atoms with Crippen LogP contribution >= 0.6 is 0 Å². The first kappa shape index (κ1) is 19.0. The maximum Gasteiger partial charge on any atom is 0.224 e. The Bertz CT molecular complexity index is 660. The monoisotopic (exact) mass is 340 g/mol. The van der Waals surface area contributed by atoms with E-state index in [0.29, 0.717) is 29.3 Å². The molecule has 5 nitrogen and oxygen atoms in total. The average molecular weight is 340 g/mol. The van der Waals surface area contributed by atoms with E-state index in [2.05, 4.69) is 23.3 Å². The van der Waals surface area contributed by atoms with Gasteiger partial charge in [0.15, 0.2) is 0 Å². The van der Waals surface area contributed by atoms with Gasteiger partial charge in [-0.1, -0.05) is 32.6 Å². The van der Waals surface area contributed by atoms with Gasteiger partial charge in [0.2, 0.25) is 5.91 Å². The summed E-state index contributed by atoms with van der Waals surface area (Å²) in [5, 5.41) is 12.2. The van der Waals surface area contributed by atoms with Gasteiger partial charge >= 0.3 is 0 Å². The molecule has 0 radical (unpaired) electrons. The van der Waals surface area contributed by atoms with Crippen molar-refractivity contribution in [1.82, 2.24) is 4.90 Å². The van der Waals surface area contributed by atoms with Gasteiger partial charge in [0.25, 0.3) is 0 Å². The second-order valence-electron chi connectivity index (χ2n) is 7.16. The van der Waals surface area contributed by atoms with Gasteiger partial charge in [-0.25, -0.2) is 4.99 Å². The minimum absolute atomic E-state index is 0.0196. The standard InChI is InChI=1S/C20H28N4O/c1-15-6-4-5-7-16(15)8-11-20(25)23-18-9-10-19(17(12-18)13-21)22-14-24(2)3/h9-10,12,14-16H,4-8,11H2,1-3H3,(H,23,25). The van der Waals surface area contributed by atoms with Crippen LogP contribution in [0.2, 0.25) is 0 Å². The zero-order valence-electron chi connectivity index (χ0n) is 15.5. The lowest BCUT2D eigenvalue weighted by atomic mass is 9.78. The van der Waals surface area contributed by atoms with E-state index in [1.54, 1.807) is 24.5 Å². The number of anilines is 1. The summed E-state index contributed by atoms with van der Waals surface area (Å²) in [6.07, 6.45) is 8.28. The van der Waals surface area contributed by atoms with Crippen molar-refractivity contribution in [2.45, 2.75) is 45.4 Å². The van der Waals surface area contributed by atoms with E-state index in [-0.39, 0.29) is 5.91 Å². The first-order chi connectivity index (χ1) is 12.0. The Morgan fingerprint density at radius 2 is 2.16 bits per heavy atom. The van der Waals surface area contributed by atoms with Gasteiger partial charge in [-0.3, -0.25) is 4.79 Å². The number of aliphatic imine (C=N–C) groups is 1. The Morgan fingerprint density at radius 3 is 2.84 bits per heavy atom. The number of benzene rings is 1. The highest BCUT2D eigenvalue weighted by Crippen LogP contribution is 2.32. The van der Waals surface area contributed by atoms with Crippen LogP contribution in [0.15, 0.2) is 23.2 Å². The molecule has 1 saturated carbocycles. The summed E-state index contributed by atoms with van der Waals surface area (Å²) in [7, 11) is 3.74. The number of carbonyl (C=O) groups is 1. The fraction of sp³-hybridized carbons (Fsp3) is 0.550. The first-order valence-electron chi connectivity index (χ1n) is 9.04. The Morgan fingerprint density at radius 1 is 1.40 bits per heavy atom. The summed E-state index contributed by atoms with van der Waals surface area (Å²) < 4.78 is 0. The van der Waals surface area contributed by atoms with Crippen LogP contribution in [-0.4, -0.2) is 31.2 Å². The predicted molar refractivity (Wildman–Crippen MR) is 102 cm³/mol. The molecule has 134 valence electrons. The smallest absolute Gasteiger partial charge is 0.224 e. The van der Waals surface area contributed by atoms with Crippen molar-refractivity contribution >= 4 is 23.6 Å². The number of hydrogen-bond donors (Lipinski definition) is 1. The van der Waals surface area contributed by atoms with Crippen LogP contribution in [0.25, 0.3) is 0 Å². The summed E-state index contributed by atoms with van der Waals surface area (Å²) in [4.78, 5) is 18.3. The molecule has 0 bridgehead atoms. The lowest BCUT2D eigenvalue weighted by Crippen LogP contribution is -2.19. The third-order valence-electron chi connectivity index (χ3n) is 4.86. The summed E-state index contributed by atoms with van der Waals surface area (Å²) in [6.45, 7) is 2.30. The number of nitrogens with one attached hydrogen (secondary N) is 1. The molecule has 2 rings (SSSR count). The molecule has 0 saturated heterocycles.